The number of aryl methyl sites for hydroxylation is 1. The van der Waals surface area contributed by atoms with Crippen LogP contribution >= 0.6 is 11.6 Å². The molecule has 2 amide bonds. The van der Waals surface area contributed by atoms with Gasteiger partial charge in [0.15, 0.2) is 18.1 Å². The number of halogens is 1. The van der Waals surface area contributed by atoms with Crippen molar-refractivity contribution in [1.29, 1.82) is 0 Å². The topological polar surface area (TPSA) is 98.3 Å². The fourth-order valence-electron chi connectivity index (χ4n) is 2.87. The Hall–Kier alpha value is -4.04. The van der Waals surface area contributed by atoms with E-state index in [1.165, 1.54) is 20.4 Å². The quantitative estimate of drug-likeness (QED) is 0.347. The van der Waals surface area contributed by atoms with E-state index >= 15 is 0 Å². The number of nitrogens with zero attached hydrogens (tertiary/aromatic N) is 1. The number of nitrogens with one attached hydrogen (secondary N) is 2. The first-order valence-electron chi connectivity index (χ1n) is 10.2. The summed E-state index contributed by atoms with van der Waals surface area (Å²) in [6.07, 6.45) is 1.50. The van der Waals surface area contributed by atoms with Gasteiger partial charge in [-0.15, -0.1) is 0 Å². The maximum absolute atomic E-state index is 12.3. The summed E-state index contributed by atoms with van der Waals surface area (Å²) >= 11 is 6.07. The van der Waals surface area contributed by atoms with E-state index in [4.69, 9.17) is 25.8 Å². The van der Waals surface area contributed by atoms with E-state index in [0.717, 1.165) is 11.1 Å². The summed E-state index contributed by atoms with van der Waals surface area (Å²) in [5.41, 5.74) is 5.11. The van der Waals surface area contributed by atoms with Crippen LogP contribution in [0, 0.1) is 6.92 Å². The highest BCUT2D eigenvalue weighted by Gasteiger charge is 2.10. The predicted octanol–water partition coefficient (Wildman–Crippen LogP) is 4.45. The highest BCUT2D eigenvalue weighted by molar-refractivity contribution is 6.31. The summed E-state index contributed by atoms with van der Waals surface area (Å²) in [6, 6.07) is 17.0. The molecule has 0 atom stereocenters. The van der Waals surface area contributed by atoms with Gasteiger partial charge in [0.05, 0.1) is 20.4 Å². The first-order valence-corrected chi connectivity index (χ1v) is 10.6. The normalized spacial score (nSPS) is 10.6. The van der Waals surface area contributed by atoms with E-state index in [2.05, 4.69) is 15.8 Å². The minimum absolute atomic E-state index is 0.152. The van der Waals surface area contributed by atoms with Crippen LogP contribution in [0.15, 0.2) is 65.8 Å². The molecule has 3 aromatic carbocycles. The second-order valence-corrected chi connectivity index (χ2v) is 7.55. The molecule has 0 aromatic heterocycles. The van der Waals surface area contributed by atoms with Gasteiger partial charge < -0.3 is 19.5 Å². The molecule has 0 fully saturated rings. The molecule has 8 nitrogen and oxygen atoms in total. The zero-order chi connectivity index (χ0) is 24.5. The highest BCUT2D eigenvalue weighted by atomic mass is 35.5. The Morgan fingerprint density at radius 3 is 2.38 bits per heavy atom. The lowest BCUT2D eigenvalue weighted by Crippen LogP contribution is -2.20. The minimum atomic E-state index is -0.391. The Balaban J connectivity index is 1.49. The van der Waals surface area contributed by atoms with Crippen molar-refractivity contribution in [2.45, 2.75) is 6.92 Å². The van der Waals surface area contributed by atoms with Gasteiger partial charge in [0.1, 0.15) is 5.75 Å². The molecule has 0 unspecified atom stereocenters. The number of methoxy groups -OCH3 is 2. The second-order valence-electron chi connectivity index (χ2n) is 7.14. The molecule has 0 aliphatic heterocycles. The molecule has 0 spiro atoms. The largest absolute Gasteiger partial charge is 0.493 e. The third kappa shape index (κ3) is 6.73. The van der Waals surface area contributed by atoms with Gasteiger partial charge in [-0.2, -0.15) is 5.10 Å². The van der Waals surface area contributed by atoms with Crippen LogP contribution in [-0.2, 0) is 4.79 Å². The van der Waals surface area contributed by atoms with Crippen LogP contribution in [0.2, 0.25) is 5.02 Å². The Bertz CT molecular complexity index is 1200. The highest BCUT2D eigenvalue weighted by Crippen LogP contribution is 2.27. The number of carbonyl (C=O) groups is 2. The third-order valence-electron chi connectivity index (χ3n) is 4.73. The molecule has 2 N–H and O–H groups in total. The van der Waals surface area contributed by atoms with Gasteiger partial charge in [0.25, 0.3) is 11.8 Å². The van der Waals surface area contributed by atoms with Crippen LogP contribution in [0.3, 0.4) is 0 Å². The molecule has 176 valence electrons. The molecule has 3 aromatic rings. The number of hydrogen-bond acceptors (Lipinski definition) is 6. The molecule has 9 heteroatoms. The van der Waals surface area contributed by atoms with Crippen molar-refractivity contribution in [1.82, 2.24) is 5.43 Å². The van der Waals surface area contributed by atoms with Crippen LogP contribution in [0.1, 0.15) is 21.5 Å². The summed E-state index contributed by atoms with van der Waals surface area (Å²) in [6.45, 7) is 1.73. The molecule has 0 aliphatic rings. The van der Waals surface area contributed by atoms with E-state index in [9.17, 15) is 9.59 Å². The molecule has 34 heavy (non-hydrogen) atoms. The van der Waals surface area contributed by atoms with Crippen molar-refractivity contribution in [2.75, 3.05) is 26.1 Å². The van der Waals surface area contributed by atoms with E-state index in [1.54, 1.807) is 54.6 Å². The number of ether oxygens (including phenoxy) is 3. The number of anilines is 1. The number of benzene rings is 3. The fraction of sp³-hybridized carbons (Fsp3) is 0.160. The van der Waals surface area contributed by atoms with Crippen molar-refractivity contribution in [2.24, 2.45) is 5.10 Å². The van der Waals surface area contributed by atoms with Gasteiger partial charge in [-0.3, -0.25) is 9.59 Å². The Kier molecular flexibility index (Phi) is 8.48. The predicted molar refractivity (Wildman–Crippen MR) is 131 cm³/mol. The summed E-state index contributed by atoms with van der Waals surface area (Å²) in [7, 11) is 3.02. The molecule has 0 bridgehead atoms. The summed E-state index contributed by atoms with van der Waals surface area (Å²) in [5.74, 6) is 0.804. The Morgan fingerprint density at radius 1 is 0.971 bits per heavy atom. The molecule has 0 saturated heterocycles. The Morgan fingerprint density at radius 2 is 1.71 bits per heavy atom. The summed E-state index contributed by atoms with van der Waals surface area (Å²) in [4.78, 5) is 24.4. The molecule has 0 aliphatic carbocycles. The van der Waals surface area contributed by atoms with Crippen LogP contribution < -0.4 is 25.0 Å². The number of amides is 2. The lowest BCUT2D eigenvalue weighted by molar-refractivity contribution is -0.118. The van der Waals surface area contributed by atoms with E-state index in [0.29, 0.717) is 33.5 Å². The molecular formula is C25H24ClN3O5. The van der Waals surface area contributed by atoms with E-state index in [1.807, 2.05) is 13.0 Å². The number of hydrogen-bond donors (Lipinski definition) is 2. The lowest BCUT2D eigenvalue weighted by Gasteiger charge is -2.09. The number of carbonyl (C=O) groups excluding carboxylic acids is 2. The fourth-order valence-corrected chi connectivity index (χ4v) is 3.05. The van der Waals surface area contributed by atoms with Crippen LogP contribution in [-0.4, -0.2) is 38.9 Å². The van der Waals surface area contributed by atoms with Gasteiger partial charge in [-0.1, -0.05) is 17.7 Å². The van der Waals surface area contributed by atoms with Gasteiger partial charge in [-0.25, -0.2) is 5.43 Å². The first kappa shape index (κ1) is 24.6. The van der Waals surface area contributed by atoms with Gasteiger partial charge in [0.2, 0.25) is 0 Å². The molecule has 0 radical (unpaired) electrons. The van der Waals surface area contributed by atoms with E-state index in [-0.39, 0.29) is 12.5 Å². The molecule has 3 rings (SSSR count). The summed E-state index contributed by atoms with van der Waals surface area (Å²) < 4.78 is 15.9. The SMILES string of the molecule is COc1ccc(C(=O)N/N=C/c2ccc(OCC(=O)Nc3ccc(C)c(Cl)c3)cc2)cc1OC. The molecule has 0 heterocycles. The van der Waals surface area contributed by atoms with Gasteiger partial charge in [0, 0.05) is 16.3 Å². The van der Waals surface area contributed by atoms with Crippen molar-refractivity contribution in [3.63, 3.8) is 0 Å². The third-order valence-corrected chi connectivity index (χ3v) is 5.14. The van der Waals surface area contributed by atoms with Crippen molar-refractivity contribution >= 4 is 35.3 Å². The van der Waals surface area contributed by atoms with Crippen molar-refractivity contribution < 1.29 is 23.8 Å². The second kappa shape index (κ2) is 11.7. The monoisotopic (exact) mass is 481 g/mol. The van der Waals surface area contributed by atoms with Crippen LogP contribution in [0.4, 0.5) is 5.69 Å². The molecule has 0 saturated carbocycles. The Labute approximate surface area is 202 Å². The minimum Gasteiger partial charge on any atom is -0.493 e. The zero-order valence-electron chi connectivity index (χ0n) is 18.9. The van der Waals surface area contributed by atoms with E-state index < -0.39 is 5.91 Å². The average Bonchev–Trinajstić information content (AvgIpc) is 2.85. The number of rotatable bonds is 9. The smallest absolute Gasteiger partial charge is 0.271 e. The molecular weight excluding hydrogens is 458 g/mol. The maximum Gasteiger partial charge on any atom is 0.271 e. The average molecular weight is 482 g/mol. The van der Waals surface area contributed by atoms with Crippen molar-refractivity contribution in [3.05, 3.63) is 82.4 Å². The number of hydrazone groups is 1. The lowest BCUT2D eigenvalue weighted by atomic mass is 10.2. The van der Waals surface area contributed by atoms with Crippen LogP contribution in [0.5, 0.6) is 17.2 Å². The van der Waals surface area contributed by atoms with Gasteiger partial charge >= 0.3 is 0 Å². The zero-order valence-corrected chi connectivity index (χ0v) is 19.7. The maximum atomic E-state index is 12.3. The van der Waals surface area contributed by atoms with Gasteiger partial charge in [-0.05, 0) is 72.6 Å². The summed E-state index contributed by atoms with van der Waals surface area (Å²) in [5, 5.41) is 7.28. The van der Waals surface area contributed by atoms with Crippen LogP contribution in [0.25, 0.3) is 0 Å². The first-order chi connectivity index (χ1) is 16.4. The van der Waals surface area contributed by atoms with Crippen molar-refractivity contribution in [3.8, 4) is 17.2 Å². The standard InChI is InChI=1S/C25H24ClN3O5/c1-16-4-8-19(13-21(16)26)28-24(30)15-34-20-9-5-17(6-10-20)14-27-29-25(31)18-7-11-22(32-2)23(12-18)33-3/h4-14H,15H2,1-3H3,(H,28,30)(H,29,31)/b27-14+.